The van der Waals surface area contributed by atoms with E-state index in [9.17, 15) is 9.59 Å². The molecule has 1 fully saturated rings. The molecule has 2 amide bonds. The van der Waals surface area contributed by atoms with Gasteiger partial charge in [-0.25, -0.2) is 0 Å². The van der Waals surface area contributed by atoms with E-state index < -0.39 is 0 Å². The van der Waals surface area contributed by atoms with Gasteiger partial charge in [-0.05, 0) is 60.9 Å². The fourth-order valence-corrected chi connectivity index (χ4v) is 5.45. The lowest BCUT2D eigenvalue weighted by Gasteiger charge is -2.40. The minimum Gasteiger partial charge on any atom is -0.497 e. The summed E-state index contributed by atoms with van der Waals surface area (Å²) in [5.74, 6) is 2.38. The van der Waals surface area contributed by atoms with E-state index in [4.69, 9.17) is 4.74 Å². The van der Waals surface area contributed by atoms with Crippen molar-refractivity contribution >= 4 is 23.6 Å². The minimum atomic E-state index is 0.106. The summed E-state index contributed by atoms with van der Waals surface area (Å²) >= 11 is 1.59. The lowest BCUT2D eigenvalue weighted by Crippen LogP contribution is -2.48. The van der Waals surface area contributed by atoms with Gasteiger partial charge in [0.15, 0.2) is 0 Å². The van der Waals surface area contributed by atoms with Crippen molar-refractivity contribution in [1.29, 1.82) is 0 Å². The topological polar surface area (TPSA) is 49.9 Å². The van der Waals surface area contributed by atoms with Crippen LogP contribution in [0.1, 0.15) is 38.7 Å². The first-order chi connectivity index (χ1) is 16.4. The maximum absolute atomic E-state index is 13.0. The first kappa shape index (κ1) is 26.1. The number of likely N-dealkylation sites (tertiary alicyclic amines) is 1. The molecular formula is C28H38N2O3S. The van der Waals surface area contributed by atoms with Crippen LogP contribution in [0.25, 0.3) is 0 Å². The van der Waals surface area contributed by atoms with Crippen molar-refractivity contribution in [3.8, 4) is 5.75 Å². The van der Waals surface area contributed by atoms with E-state index in [1.807, 2.05) is 59.3 Å². The Morgan fingerprint density at radius 1 is 1.09 bits per heavy atom. The Morgan fingerprint density at radius 3 is 2.44 bits per heavy atom. The number of carbonyl (C=O) groups is 2. The van der Waals surface area contributed by atoms with E-state index in [1.165, 1.54) is 5.56 Å². The average Bonchev–Trinajstić information content (AvgIpc) is 2.86. The summed E-state index contributed by atoms with van der Waals surface area (Å²) in [6, 6.07) is 18.3. The molecule has 34 heavy (non-hydrogen) atoms. The van der Waals surface area contributed by atoms with Crippen LogP contribution in [0.5, 0.6) is 5.75 Å². The Bertz CT molecular complexity index is 926. The Labute approximate surface area is 208 Å². The van der Waals surface area contributed by atoms with Crippen LogP contribution in [0, 0.1) is 11.8 Å². The van der Waals surface area contributed by atoms with Crippen LogP contribution in [-0.2, 0) is 16.0 Å². The summed E-state index contributed by atoms with van der Waals surface area (Å²) in [6.07, 6.45) is 3.17. The molecule has 5 nitrogen and oxygen atoms in total. The predicted octanol–water partition coefficient (Wildman–Crippen LogP) is 5.14. The van der Waals surface area contributed by atoms with Gasteiger partial charge in [-0.3, -0.25) is 9.59 Å². The van der Waals surface area contributed by atoms with Crippen molar-refractivity contribution in [2.45, 2.75) is 50.5 Å². The molecule has 0 N–H and O–H groups in total. The number of piperidine rings is 1. The minimum absolute atomic E-state index is 0.106. The number of hydrogen-bond donors (Lipinski definition) is 0. The molecule has 1 aliphatic heterocycles. The highest BCUT2D eigenvalue weighted by molar-refractivity contribution is 8.00. The number of nitrogens with zero attached hydrogens (tertiary/aromatic N) is 2. The Kier molecular flexibility index (Phi) is 9.87. The van der Waals surface area contributed by atoms with Crippen LogP contribution in [0.15, 0.2) is 59.5 Å². The van der Waals surface area contributed by atoms with Crippen molar-refractivity contribution in [1.82, 2.24) is 9.80 Å². The number of carbonyl (C=O) groups excluding carboxylic acids is 2. The average molecular weight is 483 g/mol. The molecular weight excluding hydrogens is 444 g/mol. The summed E-state index contributed by atoms with van der Waals surface area (Å²) in [6.45, 7) is 5.67. The molecule has 3 rings (SSSR count). The van der Waals surface area contributed by atoms with Gasteiger partial charge in [0.05, 0.1) is 12.9 Å². The predicted molar refractivity (Wildman–Crippen MR) is 139 cm³/mol. The Hall–Kier alpha value is -2.47. The zero-order valence-electron chi connectivity index (χ0n) is 20.9. The smallest absolute Gasteiger partial charge is 0.232 e. The molecule has 0 spiro atoms. The summed E-state index contributed by atoms with van der Waals surface area (Å²) in [5, 5.41) is 0. The van der Waals surface area contributed by atoms with Crippen molar-refractivity contribution in [3.63, 3.8) is 0 Å². The van der Waals surface area contributed by atoms with Crippen molar-refractivity contribution in [3.05, 3.63) is 60.2 Å². The Morgan fingerprint density at radius 2 is 1.79 bits per heavy atom. The number of amides is 2. The molecule has 0 aromatic heterocycles. The molecule has 1 aliphatic rings. The van der Waals surface area contributed by atoms with Crippen LogP contribution >= 0.6 is 11.8 Å². The molecule has 1 unspecified atom stereocenters. The number of rotatable bonds is 10. The van der Waals surface area contributed by atoms with Gasteiger partial charge in [0.1, 0.15) is 5.75 Å². The third kappa shape index (κ3) is 7.52. The molecule has 2 aromatic rings. The fraction of sp³-hybridized carbons (Fsp3) is 0.500. The van der Waals surface area contributed by atoms with Crippen LogP contribution in [-0.4, -0.2) is 60.7 Å². The molecule has 6 heteroatoms. The van der Waals surface area contributed by atoms with Gasteiger partial charge < -0.3 is 14.5 Å². The molecule has 1 saturated heterocycles. The number of likely N-dealkylation sites (N-methyl/N-ethyl adjacent to an activating group) is 1. The van der Waals surface area contributed by atoms with E-state index in [0.717, 1.165) is 43.0 Å². The van der Waals surface area contributed by atoms with E-state index in [1.54, 1.807) is 18.9 Å². The number of methoxy groups -OCH3 is 1. The van der Waals surface area contributed by atoms with Gasteiger partial charge in [0.25, 0.3) is 0 Å². The van der Waals surface area contributed by atoms with E-state index in [0.29, 0.717) is 24.0 Å². The second-order valence-electron chi connectivity index (χ2n) is 9.55. The molecule has 1 atom stereocenters. The highest BCUT2D eigenvalue weighted by atomic mass is 32.2. The van der Waals surface area contributed by atoms with Gasteiger partial charge in [-0.15, -0.1) is 11.8 Å². The van der Waals surface area contributed by atoms with Gasteiger partial charge in [0.2, 0.25) is 11.8 Å². The van der Waals surface area contributed by atoms with Gasteiger partial charge >= 0.3 is 0 Å². The molecule has 0 saturated carbocycles. The van der Waals surface area contributed by atoms with Crippen LogP contribution in [0.4, 0.5) is 0 Å². The van der Waals surface area contributed by atoms with Crippen LogP contribution < -0.4 is 4.74 Å². The summed E-state index contributed by atoms with van der Waals surface area (Å²) in [4.78, 5) is 30.9. The number of hydrogen-bond acceptors (Lipinski definition) is 4. The van der Waals surface area contributed by atoms with Crippen molar-refractivity contribution < 1.29 is 14.3 Å². The third-order valence-electron chi connectivity index (χ3n) is 6.59. The van der Waals surface area contributed by atoms with E-state index in [-0.39, 0.29) is 17.9 Å². The standard InChI is InChI=1S/C28H38N2O3S/c1-21(2)17-27(31)29(3)26(19-22-9-8-10-24(18-22)33-4)23-13-15-30(16-14-23)28(32)20-34-25-11-6-5-7-12-25/h5-12,18,21,23,26H,13-17,19-20H2,1-4H3. The largest absolute Gasteiger partial charge is 0.497 e. The first-order valence-electron chi connectivity index (χ1n) is 12.2. The van der Waals surface area contributed by atoms with Crippen molar-refractivity contribution in [2.24, 2.45) is 11.8 Å². The zero-order valence-corrected chi connectivity index (χ0v) is 21.7. The summed E-state index contributed by atoms with van der Waals surface area (Å²) in [5.41, 5.74) is 1.17. The Balaban J connectivity index is 1.64. The second-order valence-corrected chi connectivity index (χ2v) is 10.6. The molecule has 0 radical (unpaired) electrons. The number of benzene rings is 2. The summed E-state index contributed by atoms with van der Waals surface area (Å²) in [7, 11) is 3.63. The van der Waals surface area contributed by atoms with Gasteiger partial charge in [-0.1, -0.05) is 44.2 Å². The molecule has 2 aromatic carbocycles. The maximum atomic E-state index is 13.0. The first-order valence-corrected chi connectivity index (χ1v) is 13.2. The number of ether oxygens (including phenoxy) is 1. The van der Waals surface area contributed by atoms with E-state index in [2.05, 4.69) is 26.0 Å². The third-order valence-corrected chi connectivity index (χ3v) is 7.59. The van der Waals surface area contributed by atoms with E-state index >= 15 is 0 Å². The van der Waals surface area contributed by atoms with Gasteiger partial charge in [-0.2, -0.15) is 0 Å². The van der Waals surface area contributed by atoms with Crippen molar-refractivity contribution in [2.75, 3.05) is 33.0 Å². The zero-order chi connectivity index (χ0) is 24.5. The number of thioether (sulfide) groups is 1. The monoisotopic (exact) mass is 482 g/mol. The quantitative estimate of drug-likeness (QED) is 0.440. The lowest BCUT2D eigenvalue weighted by atomic mass is 9.84. The maximum Gasteiger partial charge on any atom is 0.232 e. The molecule has 1 heterocycles. The fourth-order valence-electron chi connectivity index (χ4n) is 4.63. The second kappa shape index (κ2) is 12.8. The SMILES string of the molecule is COc1cccc(CC(C2CCN(C(=O)CSc3ccccc3)CC2)N(C)C(=O)CC(C)C)c1. The van der Waals surface area contributed by atoms with Crippen LogP contribution in [0.3, 0.4) is 0 Å². The lowest BCUT2D eigenvalue weighted by molar-refractivity contribution is -0.136. The summed E-state index contributed by atoms with van der Waals surface area (Å²) < 4.78 is 5.41. The highest BCUT2D eigenvalue weighted by Crippen LogP contribution is 2.29. The van der Waals surface area contributed by atoms with Gasteiger partial charge in [0, 0.05) is 37.5 Å². The van der Waals surface area contributed by atoms with Crippen LogP contribution in [0.2, 0.25) is 0 Å². The molecule has 0 aliphatic carbocycles. The molecule has 184 valence electrons. The normalized spacial score (nSPS) is 15.3. The molecule has 0 bridgehead atoms. The highest BCUT2D eigenvalue weighted by Gasteiger charge is 2.32.